The lowest BCUT2D eigenvalue weighted by molar-refractivity contribution is 0.526. The quantitative estimate of drug-likeness (QED) is 0.845. The number of benzene rings is 1. The van der Waals surface area contributed by atoms with E-state index in [0.29, 0.717) is 0 Å². The van der Waals surface area contributed by atoms with Crippen molar-refractivity contribution < 1.29 is 4.39 Å². The maximum absolute atomic E-state index is 13.5. The molecule has 1 aromatic heterocycles. The van der Waals surface area contributed by atoms with Gasteiger partial charge in [-0.3, -0.25) is 4.98 Å². The number of thiazole rings is 1. The predicted octanol–water partition coefficient (Wildman–Crippen LogP) is 4.33. The van der Waals surface area contributed by atoms with Gasteiger partial charge in [0.1, 0.15) is 5.82 Å². The molecule has 2 nitrogen and oxygen atoms in total. The summed E-state index contributed by atoms with van der Waals surface area (Å²) in [5, 5.41) is 3.47. The second-order valence-corrected chi connectivity index (χ2v) is 6.27. The molecule has 0 amide bonds. The Morgan fingerprint density at radius 2 is 2.26 bits per heavy atom. The first-order chi connectivity index (χ1) is 9.19. The summed E-state index contributed by atoms with van der Waals surface area (Å²) in [5.41, 5.74) is 2.79. The monoisotopic (exact) mass is 342 g/mol. The van der Waals surface area contributed by atoms with Crippen LogP contribution >= 0.6 is 27.3 Å². The van der Waals surface area contributed by atoms with Gasteiger partial charge in [-0.2, -0.15) is 0 Å². The summed E-state index contributed by atoms with van der Waals surface area (Å²) >= 11 is 4.98. The average Bonchev–Trinajstić information content (AvgIpc) is 2.86. The van der Waals surface area contributed by atoms with Gasteiger partial charge in [-0.05, 0) is 36.7 Å². The van der Waals surface area contributed by atoms with Crippen LogP contribution in [0.1, 0.15) is 29.8 Å². The van der Waals surface area contributed by atoms with E-state index in [4.69, 9.17) is 0 Å². The second kappa shape index (κ2) is 7.12. The zero-order chi connectivity index (χ0) is 13.7. The van der Waals surface area contributed by atoms with Crippen molar-refractivity contribution in [3.05, 3.63) is 50.6 Å². The van der Waals surface area contributed by atoms with E-state index in [-0.39, 0.29) is 11.9 Å². The Morgan fingerprint density at radius 1 is 1.42 bits per heavy atom. The molecule has 0 aliphatic carbocycles. The highest BCUT2D eigenvalue weighted by atomic mass is 79.9. The number of aromatic nitrogens is 1. The molecule has 1 N–H and O–H groups in total. The Morgan fingerprint density at radius 3 is 2.89 bits per heavy atom. The number of rotatable bonds is 6. The van der Waals surface area contributed by atoms with Gasteiger partial charge in [-0.15, -0.1) is 11.3 Å². The van der Waals surface area contributed by atoms with Crippen LogP contribution in [0, 0.1) is 5.82 Å². The van der Waals surface area contributed by atoms with Crippen LogP contribution in [0.4, 0.5) is 4.39 Å². The fourth-order valence-corrected chi connectivity index (χ4v) is 3.07. The maximum atomic E-state index is 13.5. The first kappa shape index (κ1) is 14.6. The third-order valence-corrected chi connectivity index (χ3v) is 4.08. The van der Waals surface area contributed by atoms with Crippen molar-refractivity contribution in [1.29, 1.82) is 0 Å². The van der Waals surface area contributed by atoms with Crippen molar-refractivity contribution in [3.8, 4) is 0 Å². The Bertz CT molecular complexity index is 496. The number of nitrogens with one attached hydrogen (secondary N) is 1. The SMILES string of the molecule is CCCNC(Cc1cncs1)c1cc(F)cc(Br)c1. The number of nitrogens with zero attached hydrogens (tertiary/aromatic N) is 1. The summed E-state index contributed by atoms with van der Waals surface area (Å²) in [6, 6.07) is 5.16. The summed E-state index contributed by atoms with van der Waals surface area (Å²) in [6.07, 6.45) is 3.76. The Balaban J connectivity index is 2.20. The third-order valence-electron chi connectivity index (χ3n) is 2.82. The summed E-state index contributed by atoms with van der Waals surface area (Å²) in [6.45, 7) is 3.04. The molecule has 0 spiro atoms. The van der Waals surface area contributed by atoms with E-state index in [9.17, 15) is 4.39 Å². The van der Waals surface area contributed by atoms with Gasteiger partial charge in [0.15, 0.2) is 0 Å². The van der Waals surface area contributed by atoms with Gasteiger partial charge in [0.05, 0.1) is 5.51 Å². The van der Waals surface area contributed by atoms with Crippen molar-refractivity contribution in [1.82, 2.24) is 10.3 Å². The van der Waals surface area contributed by atoms with Gasteiger partial charge in [0.25, 0.3) is 0 Å². The van der Waals surface area contributed by atoms with Crippen molar-refractivity contribution in [2.45, 2.75) is 25.8 Å². The minimum absolute atomic E-state index is 0.118. The topological polar surface area (TPSA) is 24.9 Å². The lowest BCUT2D eigenvalue weighted by Gasteiger charge is -2.18. The van der Waals surface area contributed by atoms with E-state index in [2.05, 4.69) is 33.2 Å². The summed E-state index contributed by atoms with van der Waals surface area (Å²) in [7, 11) is 0. The Kier molecular flexibility index (Phi) is 5.48. The fraction of sp³-hybridized carbons (Fsp3) is 0.357. The van der Waals surface area contributed by atoms with Crippen LogP contribution in [0.15, 0.2) is 34.4 Å². The van der Waals surface area contributed by atoms with E-state index in [0.717, 1.165) is 29.4 Å². The Labute approximate surface area is 125 Å². The van der Waals surface area contributed by atoms with Crippen LogP contribution in [-0.2, 0) is 6.42 Å². The molecule has 0 bridgehead atoms. The van der Waals surface area contributed by atoms with Crippen LogP contribution in [0.25, 0.3) is 0 Å². The molecule has 0 saturated carbocycles. The molecule has 1 aromatic carbocycles. The van der Waals surface area contributed by atoms with Crippen LogP contribution in [0.3, 0.4) is 0 Å². The Hall–Kier alpha value is -0.780. The van der Waals surface area contributed by atoms with Crippen molar-refractivity contribution in [2.75, 3.05) is 6.54 Å². The average molecular weight is 343 g/mol. The fourth-order valence-electron chi connectivity index (χ4n) is 1.95. The van der Waals surface area contributed by atoms with Gasteiger partial charge in [-0.25, -0.2) is 4.39 Å². The number of halogens is 2. The normalized spacial score (nSPS) is 12.6. The highest BCUT2D eigenvalue weighted by Gasteiger charge is 2.14. The highest BCUT2D eigenvalue weighted by molar-refractivity contribution is 9.10. The van der Waals surface area contributed by atoms with E-state index in [1.165, 1.54) is 10.9 Å². The molecule has 5 heteroatoms. The molecule has 0 saturated heterocycles. The smallest absolute Gasteiger partial charge is 0.124 e. The molecule has 2 rings (SSSR count). The van der Waals surface area contributed by atoms with Crippen LogP contribution < -0.4 is 5.32 Å². The first-order valence-corrected chi connectivity index (χ1v) is 7.93. The minimum Gasteiger partial charge on any atom is -0.310 e. The number of hydrogen-bond donors (Lipinski definition) is 1. The lowest BCUT2D eigenvalue weighted by Crippen LogP contribution is -2.24. The zero-order valence-corrected chi connectivity index (χ0v) is 13.1. The van der Waals surface area contributed by atoms with Gasteiger partial charge in [-0.1, -0.05) is 22.9 Å². The van der Waals surface area contributed by atoms with Crippen LogP contribution in [-0.4, -0.2) is 11.5 Å². The molecule has 19 heavy (non-hydrogen) atoms. The van der Waals surface area contributed by atoms with Gasteiger partial charge in [0.2, 0.25) is 0 Å². The second-order valence-electron chi connectivity index (χ2n) is 4.38. The highest BCUT2D eigenvalue weighted by Crippen LogP contribution is 2.24. The molecular weight excluding hydrogens is 327 g/mol. The first-order valence-electron chi connectivity index (χ1n) is 6.25. The zero-order valence-electron chi connectivity index (χ0n) is 10.7. The van der Waals surface area contributed by atoms with Crippen LogP contribution in [0.2, 0.25) is 0 Å². The molecule has 1 atom stereocenters. The minimum atomic E-state index is -0.211. The molecule has 2 aromatic rings. The van der Waals surface area contributed by atoms with Crippen molar-refractivity contribution in [3.63, 3.8) is 0 Å². The predicted molar refractivity (Wildman–Crippen MR) is 81.0 cm³/mol. The van der Waals surface area contributed by atoms with Gasteiger partial charge >= 0.3 is 0 Å². The van der Waals surface area contributed by atoms with Crippen molar-refractivity contribution >= 4 is 27.3 Å². The van der Waals surface area contributed by atoms with E-state index in [1.807, 2.05) is 17.8 Å². The van der Waals surface area contributed by atoms with E-state index < -0.39 is 0 Å². The van der Waals surface area contributed by atoms with E-state index in [1.54, 1.807) is 17.4 Å². The third kappa shape index (κ3) is 4.37. The summed E-state index contributed by atoms with van der Waals surface area (Å²) in [5.74, 6) is -0.211. The van der Waals surface area contributed by atoms with Crippen LogP contribution in [0.5, 0.6) is 0 Å². The summed E-state index contributed by atoms with van der Waals surface area (Å²) in [4.78, 5) is 5.29. The molecular formula is C14H16BrFN2S. The molecule has 0 aliphatic heterocycles. The van der Waals surface area contributed by atoms with Gasteiger partial charge < -0.3 is 5.32 Å². The molecule has 1 heterocycles. The molecule has 0 fully saturated rings. The molecule has 0 aliphatic rings. The maximum Gasteiger partial charge on any atom is 0.124 e. The lowest BCUT2D eigenvalue weighted by atomic mass is 10.0. The van der Waals surface area contributed by atoms with Crippen molar-refractivity contribution in [2.24, 2.45) is 0 Å². The van der Waals surface area contributed by atoms with Gasteiger partial charge in [0, 0.05) is 28.0 Å². The largest absolute Gasteiger partial charge is 0.310 e. The molecule has 1 unspecified atom stereocenters. The summed E-state index contributed by atoms with van der Waals surface area (Å²) < 4.78 is 14.3. The standard InChI is InChI=1S/C14H16BrFN2S/c1-2-3-18-14(7-13-8-17-9-19-13)10-4-11(15)6-12(16)5-10/h4-6,8-9,14,18H,2-3,7H2,1H3. The molecule has 0 radical (unpaired) electrons. The number of hydrogen-bond acceptors (Lipinski definition) is 3. The molecule has 102 valence electrons. The van der Waals surface area contributed by atoms with E-state index >= 15 is 0 Å².